The SMILES string of the molecule is O.O.[Br][Mg][Br]. The molecule has 0 aliphatic rings. The zero-order chi connectivity index (χ0) is 2.71. The van der Waals surface area contributed by atoms with Crippen molar-refractivity contribution in [2.24, 2.45) is 0 Å². The summed E-state index contributed by atoms with van der Waals surface area (Å²) in [5.74, 6) is 0. The Morgan fingerprint density at radius 2 is 1.00 bits per heavy atom. The summed E-state index contributed by atoms with van der Waals surface area (Å²) in [7, 11) is 0. The second kappa shape index (κ2) is 17.4. The van der Waals surface area contributed by atoms with E-state index in [1.165, 1.54) is 0 Å². The molecule has 0 aromatic carbocycles. The second-order valence-electron chi connectivity index (χ2n) is 0.101. The van der Waals surface area contributed by atoms with Crippen LogP contribution in [-0.4, -0.2) is 27.0 Å². The van der Waals surface area contributed by atoms with Gasteiger partial charge in [-0.2, -0.15) is 0 Å². The Morgan fingerprint density at radius 3 is 1.00 bits per heavy atom. The summed E-state index contributed by atoms with van der Waals surface area (Å²) in [6, 6.07) is 0. The highest BCUT2D eigenvalue weighted by Gasteiger charge is 1.62. The van der Waals surface area contributed by atoms with Gasteiger partial charge in [0.1, 0.15) is 0 Å². The molecule has 32 valence electrons. The van der Waals surface area contributed by atoms with E-state index in [1.807, 2.05) is 0 Å². The predicted molar refractivity (Wildman–Crippen MR) is 30.8 cm³/mol. The highest BCUT2D eigenvalue weighted by Crippen LogP contribution is 1.77. The molecule has 2 nitrogen and oxygen atoms in total. The maximum absolute atomic E-state index is 3.20. The molecule has 0 atom stereocenters. The van der Waals surface area contributed by atoms with Crippen molar-refractivity contribution in [2.75, 3.05) is 0 Å². The van der Waals surface area contributed by atoms with Gasteiger partial charge in [0.2, 0.25) is 0 Å². The van der Waals surface area contributed by atoms with Crippen LogP contribution in [0.15, 0.2) is 0 Å². The molecular weight excluding hydrogens is 216 g/mol. The zero-order valence-electron chi connectivity index (χ0n) is 2.46. The van der Waals surface area contributed by atoms with Crippen LogP contribution >= 0.6 is 25.8 Å². The number of hydrogen-bond acceptors (Lipinski definition) is 0. The molecule has 0 aromatic heterocycles. The maximum Gasteiger partial charge on any atom is 0.560 e. The Kier molecular flexibility index (Phi) is 55.5. The van der Waals surface area contributed by atoms with Crippen molar-refractivity contribution in [3.63, 3.8) is 0 Å². The molecule has 0 aliphatic carbocycles. The van der Waals surface area contributed by atoms with E-state index < -0.39 is 0 Å². The smallest absolute Gasteiger partial charge is 0.412 e. The van der Waals surface area contributed by atoms with Gasteiger partial charge < -0.3 is 11.0 Å². The monoisotopic (exact) mass is 218 g/mol. The van der Waals surface area contributed by atoms with Gasteiger partial charge >= 0.3 is 16.0 Å². The molecule has 0 amide bonds. The van der Waals surface area contributed by atoms with Crippen molar-refractivity contribution in [1.82, 2.24) is 0 Å². The average molecular weight is 220 g/mol. The van der Waals surface area contributed by atoms with E-state index in [-0.39, 0.29) is 27.0 Å². The summed E-state index contributed by atoms with van der Waals surface area (Å²) < 4.78 is 0. The summed E-state index contributed by atoms with van der Waals surface area (Å²) in [4.78, 5) is 0. The van der Waals surface area contributed by atoms with E-state index in [2.05, 4.69) is 25.8 Å². The Labute approximate surface area is 52.4 Å². The summed E-state index contributed by atoms with van der Waals surface area (Å²) >= 11 is 6.44. The molecule has 0 heterocycles. The van der Waals surface area contributed by atoms with Crippen molar-refractivity contribution >= 4 is 41.8 Å². The molecule has 5 heavy (non-hydrogen) atoms. The lowest BCUT2D eigenvalue weighted by Crippen LogP contribution is -1.31. The minimum absolute atomic E-state index is 0. The third-order valence-corrected chi connectivity index (χ3v) is 0. The fourth-order valence-electron chi connectivity index (χ4n) is 0. The average Bonchev–Trinajstić information content (AvgIpc) is 0.918. The van der Waals surface area contributed by atoms with Crippen LogP contribution in [0.2, 0.25) is 0 Å². The Hall–Kier alpha value is 1.65. The van der Waals surface area contributed by atoms with Gasteiger partial charge in [0.15, 0.2) is 0 Å². The van der Waals surface area contributed by atoms with Gasteiger partial charge in [-0.1, -0.05) is 0 Å². The van der Waals surface area contributed by atoms with Crippen LogP contribution in [0.3, 0.4) is 0 Å². The number of halogens is 2. The molecular formula is H4Br2MgO2. The van der Waals surface area contributed by atoms with E-state index >= 15 is 0 Å². The summed E-state index contributed by atoms with van der Waals surface area (Å²) in [5, 5.41) is 0. The van der Waals surface area contributed by atoms with Crippen LogP contribution in [-0.2, 0) is 0 Å². The highest BCUT2D eigenvalue weighted by atomic mass is 79.9. The molecule has 0 spiro atoms. The van der Waals surface area contributed by atoms with Crippen molar-refractivity contribution in [3.05, 3.63) is 0 Å². The lowest BCUT2D eigenvalue weighted by Gasteiger charge is -1.33. The van der Waals surface area contributed by atoms with Crippen LogP contribution in [0.4, 0.5) is 0 Å². The first-order valence-electron chi connectivity index (χ1n) is 0.535. The molecule has 5 heteroatoms. The second-order valence-corrected chi connectivity index (χ2v) is 8.18. The van der Waals surface area contributed by atoms with Gasteiger partial charge in [-0.25, -0.2) is 0 Å². The molecule has 0 rings (SSSR count). The van der Waals surface area contributed by atoms with E-state index in [9.17, 15) is 0 Å². The standard InChI is InChI=1S/2BrH.Mg.2H2O/h2*1H;;2*1H2/q;;+2;;/p-2. The molecule has 4 N–H and O–H groups in total. The minimum atomic E-state index is 0. The van der Waals surface area contributed by atoms with E-state index in [4.69, 9.17) is 0 Å². The van der Waals surface area contributed by atoms with Crippen molar-refractivity contribution in [3.8, 4) is 0 Å². The minimum Gasteiger partial charge on any atom is -0.412 e. The molecule has 0 saturated heterocycles. The molecule has 0 bridgehead atoms. The first-order chi connectivity index (χ1) is 1.41. The zero-order valence-corrected chi connectivity index (χ0v) is 7.05. The Bertz CT molecular complexity index is 7.61. The van der Waals surface area contributed by atoms with Crippen LogP contribution in [0.25, 0.3) is 0 Å². The van der Waals surface area contributed by atoms with Crippen molar-refractivity contribution in [2.45, 2.75) is 0 Å². The van der Waals surface area contributed by atoms with Crippen LogP contribution < -0.4 is 0 Å². The van der Waals surface area contributed by atoms with Gasteiger partial charge in [0, 0.05) is 0 Å². The molecule has 0 aliphatic heterocycles. The van der Waals surface area contributed by atoms with Crippen molar-refractivity contribution in [1.29, 1.82) is 0 Å². The largest absolute Gasteiger partial charge is 0.560 e. The van der Waals surface area contributed by atoms with Crippen LogP contribution in [0.5, 0.6) is 0 Å². The summed E-state index contributed by atoms with van der Waals surface area (Å²) in [6.07, 6.45) is 0. The van der Waals surface area contributed by atoms with E-state index in [0.29, 0.717) is 0 Å². The predicted octanol–water partition coefficient (Wildman–Crippen LogP) is -0.339. The molecule has 0 aromatic rings. The molecule has 0 fully saturated rings. The van der Waals surface area contributed by atoms with Gasteiger partial charge in [-0.15, -0.1) is 0 Å². The maximum atomic E-state index is 3.20. The third kappa shape index (κ3) is 27.7. The number of hydrogen-bond donors (Lipinski definition) is 0. The van der Waals surface area contributed by atoms with Crippen molar-refractivity contribution < 1.29 is 11.0 Å². The topological polar surface area (TPSA) is 63.0 Å². The summed E-state index contributed by atoms with van der Waals surface area (Å²) in [6.45, 7) is 0. The molecule has 0 radical (unpaired) electrons. The summed E-state index contributed by atoms with van der Waals surface area (Å²) in [5.41, 5.74) is 0. The highest BCUT2D eigenvalue weighted by molar-refractivity contribution is 9.47. The first-order valence-corrected chi connectivity index (χ1v) is 8.33. The van der Waals surface area contributed by atoms with Crippen LogP contribution in [0.1, 0.15) is 0 Å². The van der Waals surface area contributed by atoms with Gasteiger partial charge in [0.05, 0.1) is 0 Å². The fourth-order valence-corrected chi connectivity index (χ4v) is 0. The quantitative estimate of drug-likeness (QED) is 0.501. The lowest BCUT2D eigenvalue weighted by atomic mass is 16.0. The Morgan fingerprint density at radius 1 is 1.00 bits per heavy atom. The van der Waals surface area contributed by atoms with Crippen LogP contribution in [0, 0.1) is 0 Å². The molecule has 0 saturated carbocycles. The number of rotatable bonds is 0. The third-order valence-electron chi connectivity index (χ3n) is 0. The Balaban J connectivity index is -0.0000000200. The molecule has 0 unspecified atom stereocenters. The normalized spacial score (nSPS) is 2.00. The fraction of sp³-hybridized carbons (Fsp3) is 0. The van der Waals surface area contributed by atoms with Gasteiger partial charge in [-0.3, -0.25) is 25.8 Å². The van der Waals surface area contributed by atoms with Gasteiger partial charge in [0.25, 0.3) is 0 Å². The van der Waals surface area contributed by atoms with Gasteiger partial charge in [-0.05, 0) is 0 Å². The van der Waals surface area contributed by atoms with E-state index in [1.54, 1.807) is 0 Å². The first kappa shape index (κ1) is 15.9. The lowest BCUT2D eigenvalue weighted by molar-refractivity contribution is 0.823. The van der Waals surface area contributed by atoms with E-state index in [0.717, 1.165) is 0 Å².